The van der Waals surface area contributed by atoms with E-state index in [1.165, 1.54) is 0 Å². The van der Waals surface area contributed by atoms with Crippen LogP contribution >= 0.6 is 24.8 Å². The molecule has 23 heavy (non-hydrogen) atoms. The molecule has 6 heteroatoms. The maximum absolute atomic E-state index is 12.1. The van der Waals surface area contributed by atoms with Gasteiger partial charge in [-0.25, -0.2) is 0 Å². The molecule has 1 aromatic carbocycles. The van der Waals surface area contributed by atoms with Crippen molar-refractivity contribution >= 4 is 30.7 Å². The third-order valence-corrected chi connectivity index (χ3v) is 3.97. The van der Waals surface area contributed by atoms with E-state index in [1.54, 1.807) is 0 Å². The zero-order chi connectivity index (χ0) is 15.1. The minimum absolute atomic E-state index is 0. The van der Waals surface area contributed by atoms with Crippen molar-refractivity contribution in [1.29, 1.82) is 0 Å². The zero-order valence-electron chi connectivity index (χ0n) is 13.3. The van der Waals surface area contributed by atoms with Gasteiger partial charge in [-0.2, -0.15) is 0 Å². The summed E-state index contributed by atoms with van der Waals surface area (Å²) in [5.74, 6) is 0.0496. The number of hydrogen-bond donors (Lipinski definition) is 2. The van der Waals surface area contributed by atoms with Crippen molar-refractivity contribution in [2.75, 3.05) is 19.6 Å². The number of carbonyl (C=O) groups excluding carboxylic acids is 1. The molecule has 0 bridgehead atoms. The smallest absolute Gasteiger partial charge is 0.222 e. The molecule has 0 aromatic heterocycles. The van der Waals surface area contributed by atoms with Crippen LogP contribution in [0.1, 0.15) is 30.9 Å². The van der Waals surface area contributed by atoms with Crippen molar-refractivity contribution in [2.24, 2.45) is 5.73 Å². The molecule has 1 saturated heterocycles. The Balaban J connectivity index is 0.00000242. The molecule has 0 radical (unpaired) electrons. The molecule has 4 nitrogen and oxygen atoms in total. The Hall–Kier alpha value is -1.07. The van der Waals surface area contributed by atoms with Crippen molar-refractivity contribution in [2.45, 2.75) is 31.3 Å². The lowest BCUT2D eigenvalue weighted by molar-refractivity contribution is -0.122. The summed E-state index contributed by atoms with van der Waals surface area (Å²) in [6.07, 6.45) is 4.27. The molecule has 1 aliphatic heterocycles. The minimum atomic E-state index is -0.230. The molecule has 3 N–H and O–H groups in total. The number of nitrogens with two attached hydrogens (primary N) is 1. The van der Waals surface area contributed by atoms with E-state index in [0.29, 0.717) is 6.42 Å². The summed E-state index contributed by atoms with van der Waals surface area (Å²) in [4.78, 5) is 14.4. The molecule has 1 unspecified atom stereocenters. The summed E-state index contributed by atoms with van der Waals surface area (Å²) in [7, 11) is 0. The number of piperidine rings is 1. The van der Waals surface area contributed by atoms with Gasteiger partial charge in [0.15, 0.2) is 0 Å². The second-order valence-corrected chi connectivity index (χ2v) is 5.65. The fraction of sp³-hybridized carbons (Fsp3) is 0.471. The Bertz CT molecular complexity index is 462. The van der Waals surface area contributed by atoms with Gasteiger partial charge in [0, 0.05) is 38.1 Å². The average molecular weight is 360 g/mol. The van der Waals surface area contributed by atoms with Crippen LogP contribution in [0.2, 0.25) is 0 Å². The lowest BCUT2D eigenvalue weighted by Crippen LogP contribution is -2.45. The van der Waals surface area contributed by atoms with Crippen LogP contribution in [0.15, 0.2) is 43.0 Å². The van der Waals surface area contributed by atoms with Crippen LogP contribution < -0.4 is 11.1 Å². The molecule has 1 fully saturated rings. The van der Waals surface area contributed by atoms with Gasteiger partial charge >= 0.3 is 0 Å². The maximum atomic E-state index is 12.1. The Morgan fingerprint density at radius 2 is 1.91 bits per heavy atom. The molecule has 130 valence electrons. The van der Waals surface area contributed by atoms with E-state index in [0.717, 1.165) is 38.0 Å². The molecule has 1 aliphatic rings. The average Bonchev–Trinajstić information content (AvgIpc) is 2.50. The quantitative estimate of drug-likeness (QED) is 0.767. The topological polar surface area (TPSA) is 58.4 Å². The van der Waals surface area contributed by atoms with Crippen molar-refractivity contribution in [3.63, 3.8) is 0 Å². The standard InChI is InChI=1S/C17H25N3O.2ClH/c1-2-10-20-11-8-15(9-12-20)19-17(21)13-16(18)14-6-4-3-5-7-14;;/h2-7,15-16H,1,8-13,18H2,(H,19,21);2*1H. The summed E-state index contributed by atoms with van der Waals surface area (Å²) in [5, 5.41) is 3.11. The molecule has 0 saturated carbocycles. The number of benzene rings is 1. The number of likely N-dealkylation sites (tertiary alicyclic amines) is 1. The van der Waals surface area contributed by atoms with Crippen LogP contribution in [-0.4, -0.2) is 36.5 Å². The highest BCUT2D eigenvalue weighted by Gasteiger charge is 2.20. The highest BCUT2D eigenvalue weighted by molar-refractivity contribution is 5.85. The Morgan fingerprint density at radius 3 is 2.48 bits per heavy atom. The molecule has 2 rings (SSSR count). The molecule has 1 aromatic rings. The number of amides is 1. The molecule has 0 aliphatic carbocycles. The van der Waals surface area contributed by atoms with Gasteiger partial charge in [-0.15, -0.1) is 31.4 Å². The number of nitrogens with one attached hydrogen (secondary N) is 1. The predicted octanol–water partition coefficient (Wildman–Crippen LogP) is 2.69. The minimum Gasteiger partial charge on any atom is -0.353 e. The third-order valence-electron chi connectivity index (χ3n) is 3.97. The monoisotopic (exact) mass is 359 g/mol. The second kappa shape index (κ2) is 11.5. The van der Waals surface area contributed by atoms with E-state index < -0.39 is 0 Å². The van der Waals surface area contributed by atoms with Crippen LogP contribution in [0.25, 0.3) is 0 Å². The van der Waals surface area contributed by atoms with E-state index in [2.05, 4.69) is 16.8 Å². The lowest BCUT2D eigenvalue weighted by Gasteiger charge is -2.31. The summed E-state index contributed by atoms with van der Waals surface area (Å²) in [6, 6.07) is 9.82. The Morgan fingerprint density at radius 1 is 1.30 bits per heavy atom. The van der Waals surface area contributed by atoms with Gasteiger partial charge < -0.3 is 11.1 Å². The van der Waals surface area contributed by atoms with Crippen LogP contribution in [-0.2, 0) is 4.79 Å². The summed E-state index contributed by atoms with van der Waals surface area (Å²) in [6.45, 7) is 6.72. The third kappa shape index (κ3) is 7.36. The SMILES string of the molecule is C=CCN1CCC(NC(=O)CC(N)c2ccccc2)CC1.Cl.Cl. The van der Waals surface area contributed by atoms with E-state index in [9.17, 15) is 4.79 Å². The van der Waals surface area contributed by atoms with Gasteiger partial charge in [-0.05, 0) is 18.4 Å². The van der Waals surface area contributed by atoms with Gasteiger partial charge in [-0.1, -0.05) is 36.4 Å². The second-order valence-electron chi connectivity index (χ2n) is 5.65. The largest absolute Gasteiger partial charge is 0.353 e. The molecular formula is C17H27Cl2N3O. The summed E-state index contributed by atoms with van der Waals surface area (Å²) < 4.78 is 0. The van der Waals surface area contributed by atoms with Gasteiger partial charge in [0.25, 0.3) is 0 Å². The first-order valence-corrected chi connectivity index (χ1v) is 7.62. The molecular weight excluding hydrogens is 333 g/mol. The van der Waals surface area contributed by atoms with Crippen molar-refractivity contribution in [3.05, 3.63) is 48.6 Å². The molecule has 1 heterocycles. The van der Waals surface area contributed by atoms with Crippen molar-refractivity contribution in [1.82, 2.24) is 10.2 Å². The number of nitrogens with zero attached hydrogens (tertiary/aromatic N) is 1. The summed E-state index contributed by atoms with van der Waals surface area (Å²) >= 11 is 0. The fourth-order valence-corrected chi connectivity index (χ4v) is 2.75. The van der Waals surface area contributed by atoms with Crippen LogP contribution in [0, 0.1) is 0 Å². The van der Waals surface area contributed by atoms with Crippen molar-refractivity contribution < 1.29 is 4.79 Å². The first-order chi connectivity index (χ1) is 10.2. The zero-order valence-corrected chi connectivity index (χ0v) is 15.0. The highest BCUT2D eigenvalue weighted by Crippen LogP contribution is 2.14. The molecule has 1 amide bonds. The lowest BCUT2D eigenvalue weighted by atomic mass is 10.0. The Kier molecular flexibility index (Phi) is 10.9. The van der Waals surface area contributed by atoms with Crippen molar-refractivity contribution in [3.8, 4) is 0 Å². The van der Waals surface area contributed by atoms with Crippen LogP contribution in [0.4, 0.5) is 0 Å². The maximum Gasteiger partial charge on any atom is 0.222 e. The van der Waals surface area contributed by atoms with Gasteiger partial charge in [-0.3, -0.25) is 9.69 Å². The first-order valence-electron chi connectivity index (χ1n) is 7.62. The summed E-state index contributed by atoms with van der Waals surface area (Å²) in [5.41, 5.74) is 7.09. The number of carbonyl (C=O) groups is 1. The molecule has 0 spiro atoms. The van der Waals surface area contributed by atoms with Gasteiger partial charge in [0.2, 0.25) is 5.91 Å². The first kappa shape index (κ1) is 21.9. The Labute approximate surface area is 151 Å². The number of rotatable bonds is 6. The normalized spacial score (nSPS) is 16.6. The number of hydrogen-bond acceptors (Lipinski definition) is 3. The van der Waals surface area contributed by atoms with Crippen LogP contribution in [0.5, 0.6) is 0 Å². The van der Waals surface area contributed by atoms with E-state index >= 15 is 0 Å². The molecule has 1 atom stereocenters. The van der Waals surface area contributed by atoms with E-state index in [1.807, 2.05) is 36.4 Å². The predicted molar refractivity (Wildman–Crippen MR) is 100 cm³/mol. The number of halogens is 2. The fourth-order valence-electron chi connectivity index (χ4n) is 2.75. The van der Waals surface area contributed by atoms with Crippen LogP contribution in [0.3, 0.4) is 0 Å². The highest BCUT2D eigenvalue weighted by atomic mass is 35.5. The van der Waals surface area contributed by atoms with Gasteiger partial charge in [0.05, 0.1) is 0 Å². The van der Waals surface area contributed by atoms with E-state index in [-0.39, 0.29) is 42.8 Å². The van der Waals surface area contributed by atoms with E-state index in [4.69, 9.17) is 5.73 Å². The van der Waals surface area contributed by atoms with Gasteiger partial charge in [0.1, 0.15) is 0 Å².